The zero-order valence-electron chi connectivity index (χ0n) is 18.5. The fourth-order valence-corrected chi connectivity index (χ4v) is 4.50. The van der Waals surface area contributed by atoms with Gasteiger partial charge in [0.25, 0.3) is 0 Å². The average molecular weight is 440 g/mol. The van der Waals surface area contributed by atoms with Crippen LogP contribution in [0.1, 0.15) is 18.1 Å². The summed E-state index contributed by atoms with van der Waals surface area (Å²) in [5.41, 5.74) is 3.74. The van der Waals surface area contributed by atoms with Crippen molar-refractivity contribution in [1.82, 2.24) is 9.47 Å². The second kappa shape index (κ2) is 8.60. The van der Waals surface area contributed by atoms with Crippen LogP contribution >= 0.6 is 0 Å². The third-order valence-electron chi connectivity index (χ3n) is 6.35. The molecule has 3 aliphatic rings. The Morgan fingerprint density at radius 3 is 2.81 bits per heavy atom. The number of nitrogens with zero attached hydrogens (tertiary/aromatic N) is 2. The number of aromatic nitrogens is 1. The van der Waals surface area contributed by atoms with Gasteiger partial charge in [0.1, 0.15) is 24.6 Å². The summed E-state index contributed by atoms with van der Waals surface area (Å²) >= 11 is 0. The van der Waals surface area contributed by atoms with Crippen LogP contribution in [0.5, 0.6) is 11.6 Å². The first-order chi connectivity index (χ1) is 15.5. The Morgan fingerprint density at radius 1 is 1.22 bits per heavy atom. The molecule has 1 aromatic carbocycles. The van der Waals surface area contributed by atoms with Gasteiger partial charge in [0.05, 0.1) is 38.6 Å². The Bertz CT molecular complexity index is 1080. The van der Waals surface area contributed by atoms with Crippen molar-refractivity contribution in [3.05, 3.63) is 45.6 Å². The molecule has 170 valence electrons. The SMILES string of the molecule is CC(=O)N1CC(Oc2ccc3c(c2)CCn2c(OC[C@@H]4COCCO4)cc(=O)c(C)c2-3)C1. The predicted molar refractivity (Wildman–Crippen MR) is 117 cm³/mol. The molecule has 0 aliphatic carbocycles. The number of likely N-dealkylation sites (tertiary alicyclic amines) is 1. The van der Waals surface area contributed by atoms with Crippen LogP contribution in [0.2, 0.25) is 0 Å². The summed E-state index contributed by atoms with van der Waals surface area (Å²) in [7, 11) is 0. The van der Waals surface area contributed by atoms with Crippen molar-refractivity contribution in [2.24, 2.45) is 0 Å². The molecule has 2 fully saturated rings. The Balaban J connectivity index is 1.37. The molecule has 2 aromatic rings. The van der Waals surface area contributed by atoms with Crippen LogP contribution in [-0.2, 0) is 27.2 Å². The fraction of sp³-hybridized carbons (Fsp3) is 0.500. The maximum absolute atomic E-state index is 12.7. The van der Waals surface area contributed by atoms with Gasteiger partial charge in [0, 0.05) is 30.7 Å². The number of ether oxygens (including phenoxy) is 4. The first-order valence-electron chi connectivity index (χ1n) is 11.1. The van der Waals surface area contributed by atoms with Gasteiger partial charge in [-0.25, -0.2) is 0 Å². The van der Waals surface area contributed by atoms with Gasteiger partial charge >= 0.3 is 0 Å². The molecule has 1 atom stereocenters. The van der Waals surface area contributed by atoms with Gasteiger partial charge in [-0.2, -0.15) is 0 Å². The smallest absolute Gasteiger partial charge is 0.219 e. The molecule has 1 aromatic heterocycles. The first kappa shape index (κ1) is 21.0. The van der Waals surface area contributed by atoms with Gasteiger partial charge in [-0.05, 0) is 37.1 Å². The number of carbonyl (C=O) groups is 1. The van der Waals surface area contributed by atoms with Gasteiger partial charge in [-0.15, -0.1) is 0 Å². The molecular formula is C24H28N2O6. The molecule has 0 bridgehead atoms. The number of aryl methyl sites for hydroxylation is 1. The highest BCUT2D eigenvalue weighted by Crippen LogP contribution is 2.36. The standard InChI is InChI=1S/C24H28N2O6/c1-15-22(28)10-23(31-14-20-13-29-7-8-30-20)26-6-5-17-9-18(3-4-21(17)24(15)26)32-19-11-25(12-19)16(2)27/h3-4,9-10,19-20H,5-8,11-14H2,1-2H3/t20-/m0/s1. The molecule has 5 rings (SSSR count). The number of fused-ring (bicyclic) bond motifs is 3. The van der Waals surface area contributed by atoms with E-state index in [4.69, 9.17) is 18.9 Å². The summed E-state index contributed by atoms with van der Waals surface area (Å²) in [6.45, 7) is 7.41. The van der Waals surface area contributed by atoms with Gasteiger partial charge in [-0.3, -0.25) is 9.59 Å². The maximum atomic E-state index is 12.7. The largest absolute Gasteiger partial charge is 0.487 e. The lowest BCUT2D eigenvalue weighted by molar-refractivity contribution is -0.137. The molecule has 0 radical (unpaired) electrons. The van der Waals surface area contributed by atoms with Gasteiger partial charge in [-0.1, -0.05) is 0 Å². The van der Waals surface area contributed by atoms with E-state index in [0.29, 0.717) is 57.5 Å². The number of pyridine rings is 1. The van der Waals surface area contributed by atoms with E-state index in [9.17, 15) is 9.59 Å². The molecule has 0 saturated carbocycles. The molecule has 8 heteroatoms. The Hall–Kier alpha value is -2.84. The number of hydrogen-bond donors (Lipinski definition) is 0. The van der Waals surface area contributed by atoms with Crippen molar-refractivity contribution in [3.8, 4) is 22.9 Å². The van der Waals surface area contributed by atoms with E-state index >= 15 is 0 Å². The molecule has 1 amide bonds. The molecule has 0 N–H and O–H groups in total. The lowest BCUT2D eigenvalue weighted by Crippen LogP contribution is -2.55. The summed E-state index contributed by atoms with van der Waals surface area (Å²) in [6, 6.07) is 7.59. The van der Waals surface area contributed by atoms with Crippen molar-refractivity contribution in [3.63, 3.8) is 0 Å². The second-order valence-corrected chi connectivity index (χ2v) is 8.58. The zero-order valence-corrected chi connectivity index (χ0v) is 18.5. The van der Waals surface area contributed by atoms with Crippen LogP contribution in [-0.4, -0.2) is 67.1 Å². The third kappa shape index (κ3) is 4.00. The molecular weight excluding hydrogens is 412 g/mol. The highest BCUT2D eigenvalue weighted by atomic mass is 16.6. The molecule has 4 heterocycles. The van der Waals surface area contributed by atoms with Crippen molar-refractivity contribution in [2.75, 3.05) is 39.5 Å². The molecule has 8 nitrogen and oxygen atoms in total. The number of hydrogen-bond acceptors (Lipinski definition) is 6. The van der Waals surface area contributed by atoms with Crippen LogP contribution in [0, 0.1) is 6.92 Å². The van der Waals surface area contributed by atoms with Crippen molar-refractivity contribution >= 4 is 5.91 Å². The van der Waals surface area contributed by atoms with Crippen LogP contribution in [0.25, 0.3) is 11.3 Å². The molecule has 2 saturated heterocycles. The molecule has 0 unspecified atom stereocenters. The van der Waals surface area contributed by atoms with E-state index in [0.717, 1.165) is 29.0 Å². The van der Waals surface area contributed by atoms with E-state index < -0.39 is 0 Å². The lowest BCUT2D eigenvalue weighted by Gasteiger charge is -2.38. The van der Waals surface area contributed by atoms with Crippen molar-refractivity contribution in [1.29, 1.82) is 0 Å². The van der Waals surface area contributed by atoms with E-state index in [2.05, 4.69) is 10.6 Å². The number of benzene rings is 1. The summed E-state index contributed by atoms with van der Waals surface area (Å²) in [5.74, 6) is 1.44. The van der Waals surface area contributed by atoms with E-state index in [1.165, 1.54) is 0 Å². The van der Waals surface area contributed by atoms with Gasteiger partial charge in [0.15, 0.2) is 11.3 Å². The van der Waals surface area contributed by atoms with Gasteiger partial charge in [0.2, 0.25) is 5.91 Å². The summed E-state index contributed by atoms with van der Waals surface area (Å²) in [4.78, 5) is 25.9. The fourth-order valence-electron chi connectivity index (χ4n) is 4.50. The second-order valence-electron chi connectivity index (χ2n) is 8.58. The highest BCUT2D eigenvalue weighted by molar-refractivity contribution is 5.74. The Kier molecular flexibility index (Phi) is 5.65. The van der Waals surface area contributed by atoms with Crippen molar-refractivity contribution in [2.45, 2.75) is 39.0 Å². The summed E-state index contributed by atoms with van der Waals surface area (Å²) in [6.07, 6.45) is 0.714. The monoisotopic (exact) mass is 440 g/mol. The topological polar surface area (TPSA) is 79.2 Å². The minimum absolute atomic E-state index is 0.0307. The summed E-state index contributed by atoms with van der Waals surface area (Å²) in [5, 5.41) is 0. The van der Waals surface area contributed by atoms with E-state index in [1.807, 2.05) is 19.1 Å². The quantitative estimate of drug-likeness (QED) is 0.705. The zero-order chi connectivity index (χ0) is 22.2. The molecule has 3 aliphatic heterocycles. The van der Waals surface area contributed by atoms with Crippen LogP contribution in [0.3, 0.4) is 0 Å². The minimum atomic E-state index is -0.127. The number of rotatable bonds is 5. The van der Waals surface area contributed by atoms with Crippen LogP contribution < -0.4 is 14.9 Å². The molecule has 32 heavy (non-hydrogen) atoms. The van der Waals surface area contributed by atoms with Crippen molar-refractivity contribution < 1.29 is 23.7 Å². The molecule has 0 spiro atoms. The number of amides is 1. The number of carbonyl (C=O) groups excluding carboxylic acids is 1. The van der Waals surface area contributed by atoms with Crippen LogP contribution in [0.15, 0.2) is 29.1 Å². The lowest BCUT2D eigenvalue weighted by atomic mass is 9.94. The normalized spacial score (nSPS) is 20.2. The third-order valence-corrected chi connectivity index (χ3v) is 6.35. The Morgan fingerprint density at radius 2 is 2.06 bits per heavy atom. The first-order valence-corrected chi connectivity index (χ1v) is 11.1. The van der Waals surface area contributed by atoms with Crippen LogP contribution in [0.4, 0.5) is 0 Å². The minimum Gasteiger partial charge on any atom is -0.487 e. The maximum Gasteiger partial charge on any atom is 0.219 e. The van der Waals surface area contributed by atoms with E-state index in [-0.39, 0.29) is 23.5 Å². The predicted octanol–water partition coefficient (Wildman–Crippen LogP) is 1.78. The Labute approximate surface area is 186 Å². The van der Waals surface area contributed by atoms with Gasteiger partial charge < -0.3 is 28.4 Å². The van der Waals surface area contributed by atoms with E-state index in [1.54, 1.807) is 17.9 Å². The summed E-state index contributed by atoms with van der Waals surface area (Å²) < 4.78 is 25.3. The highest BCUT2D eigenvalue weighted by Gasteiger charge is 2.31. The average Bonchev–Trinajstić information content (AvgIpc) is 2.77.